The smallest absolute Gasteiger partial charge is 0.314 e. The minimum Gasteiger partial charge on any atom is -0.383 e. The molecule has 122 valence electrons. The first kappa shape index (κ1) is 18.1. The zero-order chi connectivity index (χ0) is 16.2. The number of nitrogens with zero attached hydrogens (tertiary/aromatic N) is 1. The standard InChI is InChI=1S/C18H29N3O/c1-4-16(15-21(2)3)12-14-20-18(22)19-13-8-11-17-9-6-5-7-10-17/h4,6,9-10,15H,1,5,7-8,11-14H2,2-3H3,(H2,19,20,22)/b16-15+. The molecule has 0 aromatic rings. The van der Waals surface area contributed by atoms with Crippen LogP contribution in [0, 0.1) is 0 Å². The van der Waals surface area contributed by atoms with Crippen LogP contribution in [0.15, 0.2) is 48.2 Å². The summed E-state index contributed by atoms with van der Waals surface area (Å²) >= 11 is 0. The topological polar surface area (TPSA) is 44.4 Å². The van der Waals surface area contributed by atoms with E-state index in [-0.39, 0.29) is 6.03 Å². The van der Waals surface area contributed by atoms with Crippen molar-refractivity contribution in [2.24, 2.45) is 0 Å². The molecule has 0 heterocycles. The molecule has 0 unspecified atom stereocenters. The molecule has 1 aliphatic rings. The van der Waals surface area contributed by atoms with Gasteiger partial charge in [-0.3, -0.25) is 0 Å². The van der Waals surface area contributed by atoms with Crippen LogP contribution < -0.4 is 10.6 Å². The van der Waals surface area contributed by atoms with Crippen LogP contribution in [0.25, 0.3) is 0 Å². The molecule has 2 N–H and O–H groups in total. The Morgan fingerprint density at radius 2 is 2.09 bits per heavy atom. The van der Waals surface area contributed by atoms with Crippen LogP contribution in [0.2, 0.25) is 0 Å². The fraction of sp³-hybridized carbons (Fsp3) is 0.500. The van der Waals surface area contributed by atoms with Crippen molar-refractivity contribution in [3.63, 3.8) is 0 Å². The van der Waals surface area contributed by atoms with E-state index in [2.05, 4.69) is 35.4 Å². The summed E-state index contributed by atoms with van der Waals surface area (Å²) in [6, 6.07) is -0.0959. The fourth-order valence-electron chi connectivity index (χ4n) is 2.28. The summed E-state index contributed by atoms with van der Waals surface area (Å²) in [6.45, 7) is 5.11. The van der Waals surface area contributed by atoms with Gasteiger partial charge in [0, 0.05) is 33.4 Å². The number of carbonyl (C=O) groups is 1. The summed E-state index contributed by atoms with van der Waals surface area (Å²) in [6.07, 6.45) is 15.6. The molecule has 0 fully saturated rings. The Hall–Kier alpha value is -1.97. The molecule has 0 radical (unpaired) electrons. The van der Waals surface area contributed by atoms with Crippen LogP contribution in [0.4, 0.5) is 4.79 Å². The Labute approximate surface area is 134 Å². The molecule has 0 spiro atoms. The van der Waals surface area contributed by atoms with Gasteiger partial charge in [-0.05, 0) is 37.7 Å². The third-order valence-electron chi connectivity index (χ3n) is 3.39. The normalized spacial score (nSPS) is 14.3. The molecular weight excluding hydrogens is 274 g/mol. The van der Waals surface area contributed by atoms with Crippen LogP contribution in [0.3, 0.4) is 0 Å². The Bertz CT molecular complexity index is 447. The third kappa shape index (κ3) is 8.35. The van der Waals surface area contributed by atoms with Crippen LogP contribution in [-0.2, 0) is 0 Å². The van der Waals surface area contributed by atoms with Gasteiger partial charge >= 0.3 is 6.03 Å². The first-order valence-electron chi connectivity index (χ1n) is 7.98. The fourth-order valence-corrected chi connectivity index (χ4v) is 2.28. The Balaban J connectivity index is 2.09. The van der Waals surface area contributed by atoms with Crippen molar-refractivity contribution in [2.75, 3.05) is 27.2 Å². The van der Waals surface area contributed by atoms with Crippen molar-refractivity contribution in [3.05, 3.63) is 48.2 Å². The maximum atomic E-state index is 11.7. The van der Waals surface area contributed by atoms with Gasteiger partial charge in [0.05, 0.1) is 0 Å². The van der Waals surface area contributed by atoms with Gasteiger partial charge in [0.25, 0.3) is 0 Å². The number of hydrogen-bond donors (Lipinski definition) is 2. The van der Waals surface area contributed by atoms with Crippen molar-refractivity contribution in [3.8, 4) is 0 Å². The van der Waals surface area contributed by atoms with Crippen molar-refractivity contribution >= 4 is 6.03 Å². The summed E-state index contributed by atoms with van der Waals surface area (Å²) in [5.41, 5.74) is 2.50. The molecule has 0 saturated heterocycles. The summed E-state index contributed by atoms with van der Waals surface area (Å²) < 4.78 is 0. The van der Waals surface area contributed by atoms with E-state index in [1.54, 1.807) is 0 Å². The first-order chi connectivity index (χ1) is 10.6. The molecule has 0 aromatic carbocycles. The molecule has 0 bridgehead atoms. The molecule has 0 atom stereocenters. The SMILES string of the molecule is C=C/C(=C\N(C)C)CCNC(=O)NCCCC1=CCCC=C1. The monoisotopic (exact) mass is 303 g/mol. The van der Waals surface area contributed by atoms with E-state index in [0.717, 1.165) is 37.7 Å². The second kappa shape index (κ2) is 10.7. The van der Waals surface area contributed by atoms with Gasteiger partial charge in [0.1, 0.15) is 0 Å². The van der Waals surface area contributed by atoms with Gasteiger partial charge in [0.2, 0.25) is 0 Å². The van der Waals surface area contributed by atoms with Gasteiger partial charge < -0.3 is 15.5 Å². The van der Waals surface area contributed by atoms with Crippen molar-refractivity contribution in [1.29, 1.82) is 0 Å². The molecule has 0 saturated carbocycles. The van der Waals surface area contributed by atoms with Gasteiger partial charge in [-0.25, -0.2) is 4.79 Å². The predicted octanol–water partition coefficient (Wildman–Crippen LogP) is 3.36. The maximum Gasteiger partial charge on any atom is 0.314 e. The molecule has 4 nitrogen and oxygen atoms in total. The van der Waals surface area contributed by atoms with E-state index in [4.69, 9.17) is 0 Å². The number of urea groups is 1. The molecule has 0 aliphatic heterocycles. The van der Waals surface area contributed by atoms with E-state index in [1.165, 1.54) is 5.57 Å². The van der Waals surface area contributed by atoms with E-state index in [9.17, 15) is 4.79 Å². The maximum absolute atomic E-state index is 11.7. The van der Waals surface area contributed by atoms with Gasteiger partial charge in [-0.1, -0.05) is 36.5 Å². The highest BCUT2D eigenvalue weighted by Gasteiger charge is 2.01. The van der Waals surface area contributed by atoms with E-state index >= 15 is 0 Å². The lowest BCUT2D eigenvalue weighted by atomic mass is 10.0. The first-order valence-corrected chi connectivity index (χ1v) is 7.98. The average Bonchev–Trinajstić information content (AvgIpc) is 2.51. The quantitative estimate of drug-likeness (QED) is 0.507. The molecule has 4 heteroatoms. The minimum atomic E-state index is -0.0959. The summed E-state index contributed by atoms with van der Waals surface area (Å²) in [5.74, 6) is 0. The van der Waals surface area contributed by atoms with Gasteiger partial charge in [0.15, 0.2) is 0 Å². The second-order valence-corrected chi connectivity index (χ2v) is 5.67. The molecular formula is C18H29N3O. The van der Waals surface area contributed by atoms with E-state index in [1.807, 2.05) is 31.3 Å². The molecule has 0 aromatic heterocycles. The number of hydrogen-bond acceptors (Lipinski definition) is 2. The Kier molecular flexibility index (Phi) is 8.80. The highest BCUT2D eigenvalue weighted by molar-refractivity contribution is 5.73. The van der Waals surface area contributed by atoms with Crippen LogP contribution in [-0.4, -0.2) is 38.1 Å². The zero-order valence-electron chi connectivity index (χ0n) is 13.9. The number of amides is 2. The van der Waals surface area contributed by atoms with Crippen molar-refractivity contribution in [2.45, 2.75) is 32.1 Å². The molecule has 22 heavy (non-hydrogen) atoms. The van der Waals surface area contributed by atoms with Crippen LogP contribution in [0.1, 0.15) is 32.1 Å². The number of nitrogens with one attached hydrogen (secondary N) is 2. The largest absolute Gasteiger partial charge is 0.383 e. The Morgan fingerprint density at radius 1 is 1.32 bits per heavy atom. The lowest BCUT2D eigenvalue weighted by molar-refractivity contribution is 0.241. The molecule has 2 amide bonds. The summed E-state index contributed by atoms with van der Waals surface area (Å²) in [4.78, 5) is 13.7. The van der Waals surface area contributed by atoms with Gasteiger partial charge in [-0.15, -0.1) is 0 Å². The lowest BCUT2D eigenvalue weighted by Gasteiger charge is -2.11. The minimum absolute atomic E-state index is 0.0959. The van der Waals surface area contributed by atoms with Crippen molar-refractivity contribution in [1.82, 2.24) is 15.5 Å². The highest BCUT2D eigenvalue weighted by atomic mass is 16.2. The summed E-state index contributed by atoms with van der Waals surface area (Å²) in [5, 5.41) is 5.77. The Morgan fingerprint density at radius 3 is 2.73 bits per heavy atom. The van der Waals surface area contributed by atoms with E-state index < -0.39 is 0 Å². The second-order valence-electron chi connectivity index (χ2n) is 5.67. The summed E-state index contributed by atoms with van der Waals surface area (Å²) in [7, 11) is 3.95. The lowest BCUT2D eigenvalue weighted by Crippen LogP contribution is -2.36. The predicted molar refractivity (Wildman–Crippen MR) is 93.7 cm³/mol. The number of carbonyl (C=O) groups excluding carboxylic acids is 1. The van der Waals surface area contributed by atoms with Gasteiger partial charge in [-0.2, -0.15) is 0 Å². The highest BCUT2D eigenvalue weighted by Crippen LogP contribution is 2.14. The number of allylic oxidation sites excluding steroid dienone is 5. The zero-order valence-corrected chi connectivity index (χ0v) is 13.9. The molecule has 1 aliphatic carbocycles. The van der Waals surface area contributed by atoms with Crippen molar-refractivity contribution < 1.29 is 4.79 Å². The average molecular weight is 303 g/mol. The van der Waals surface area contributed by atoms with E-state index in [0.29, 0.717) is 13.1 Å². The third-order valence-corrected chi connectivity index (χ3v) is 3.39. The van der Waals surface area contributed by atoms with Crippen LogP contribution in [0.5, 0.6) is 0 Å². The molecule has 1 rings (SSSR count). The number of rotatable bonds is 9. The van der Waals surface area contributed by atoms with Crippen LogP contribution >= 0.6 is 0 Å².